The average Bonchev–Trinajstić information content (AvgIpc) is 2.83. The van der Waals surface area contributed by atoms with Gasteiger partial charge in [-0.15, -0.1) is 0 Å². The molecule has 0 fully saturated rings. The second-order valence-corrected chi connectivity index (χ2v) is 7.61. The Hall–Kier alpha value is -3.84. The van der Waals surface area contributed by atoms with E-state index in [1.54, 1.807) is 66.7 Å². The second-order valence-electron chi connectivity index (χ2n) is 7.20. The van der Waals surface area contributed by atoms with E-state index >= 15 is 0 Å². The fourth-order valence-corrected chi connectivity index (χ4v) is 3.02. The van der Waals surface area contributed by atoms with Gasteiger partial charge in [0, 0.05) is 34.9 Å². The number of benzene rings is 3. The SMILES string of the molecule is Cc1cc(OCC(=O)Nc2ccc(C(=O)NCCNC(=O)c3ccccc3)cc2)ccc1Cl. The fraction of sp³-hybridized carbons (Fsp3) is 0.160. The minimum atomic E-state index is -0.325. The van der Waals surface area contributed by atoms with Gasteiger partial charge >= 0.3 is 0 Å². The van der Waals surface area contributed by atoms with Crippen LogP contribution in [0.4, 0.5) is 5.69 Å². The van der Waals surface area contributed by atoms with Crippen LogP contribution in [-0.4, -0.2) is 37.4 Å². The number of halogens is 1. The molecule has 3 N–H and O–H groups in total. The lowest BCUT2D eigenvalue weighted by molar-refractivity contribution is -0.118. The molecule has 3 rings (SSSR count). The Morgan fingerprint density at radius 3 is 2.03 bits per heavy atom. The summed E-state index contributed by atoms with van der Waals surface area (Å²) < 4.78 is 5.47. The van der Waals surface area contributed by atoms with Crippen molar-refractivity contribution in [3.8, 4) is 5.75 Å². The lowest BCUT2D eigenvalue weighted by Gasteiger charge is -2.10. The Morgan fingerprint density at radius 1 is 0.818 bits per heavy atom. The van der Waals surface area contributed by atoms with Crippen LogP contribution in [0.2, 0.25) is 5.02 Å². The summed E-state index contributed by atoms with van der Waals surface area (Å²) in [7, 11) is 0. The molecule has 0 spiro atoms. The van der Waals surface area contributed by atoms with Crippen molar-refractivity contribution in [3.05, 3.63) is 94.5 Å². The first kappa shape index (κ1) is 23.8. The number of ether oxygens (including phenoxy) is 1. The molecule has 0 heterocycles. The third kappa shape index (κ3) is 7.36. The van der Waals surface area contributed by atoms with Gasteiger partial charge in [0.15, 0.2) is 6.61 Å². The van der Waals surface area contributed by atoms with Gasteiger partial charge in [0.2, 0.25) is 0 Å². The molecule has 0 aliphatic carbocycles. The third-order valence-electron chi connectivity index (χ3n) is 4.66. The highest BCUT2D eigenvalue weighted by molar-refractivity contribution is 6.31. The lowest BCUT2D eigenvalue weighted by Crippen LogP contribution is -2.34. The standard InChI is InChI=1S/C25H24ClN3O4/c1-17-15-21(11-12-22(17)26)33-16-23(30)29-20-9-7-19(8-10-20)25(32)28-14-13-27-24(31)18-5-3-2-4-6-18/h2-12,15H,13-14,16H2,1H3,(H,27,31)(H,28,32)(H,29,30). The summed E-state index contributed by atoms with van der Waals surface area (Å²) in [6, 6.07) is 20.5. The zero-order chi connectivity index (χ0) is 23.6. The molecule has 0 aliphatic rings. The van der Waals surface area contributed by atoms with E-state index in [-0.39, 0.29) is 30.9 Å². The summed E-state index contributed by atoms with van der Waals surface area (Å²) in [5.41, 5.74) is 2.41. The van der Waals surface area contributed by atoms with E-state index in [2.05, 4.69) is 16.0 Å². The zero-order valence-electron chi connectivity index (χ0n) is 18.1. The number of carbonyl (C=O) groups is 3. The molecule has 3 amide bonds. The number of amides is 3. The molecule has 3 aromatic rings. The third-order valence-corrected chi connectivity index (χ3v) is 5.09. The Morgan fingerprint density at radius 2 is 1.42 bits per heavy atom. The summed E-state index contributed by atoms with van der Waals surface area (Å²) in [4.78, 5) is 36.3. The van der Waals surface area contributed by atoms with Crippen LogP contribution in [0, 0.1) is 6.92 Å². The molecular weight excluding hydrogens is 442 g/mol. The highest BCUT2D eigenvalue weighted by atomic mass is 35.5. The number of hydrogen-bond acceptors (Lipinski definition) is 4. The molecule has 0 unspecified atom stereocenters. The summed E-state index contributed by atoms with van der Waals surface area (Å²) in [6.45, 7) is 2.30. The maximum atomic E-state index is 12.3. The lowest BCUT2D eigenvalue weighted by atomic mass is 10.2. The fourth-order valence-electron chi connectivity index (χ4n) is 2.90. The van der Waals surface area contributed by atoms with E-state index in [9.17, 15) is 14.4 Å². The minimum absolute atomic E-state index is 0.155. The van der Waals surface area contributed by atoms with Crippen LogP contribution in [0.5, 0.6) is 5.75 Å². The summed E-state index contributed by atoms with van der Waals surface area (Å²) in [5.74, 6) is -0.239. The summed E-state index contributed by atoms with van der Waals surface area (Å²) in [6.07, 6.45) is 0. The topological polar surface area (TPSA) is 96.5 Å². The first-order valence-corrected chi connectivity index (χ1v) is 10.7. The molecule has 33 heavy (non-hydrogen) atoms. The molecule has 170 valence electrons. The Balaban J connectivity index is 1.39. The van der Waals surface area contributed by atoms with E-state index in [4.69, 9.17) is 16.3 Å². The van der Waals surface area contributed by atoms with Gasteiger partial charge in [0.05, 0.1) is 0 Å². The van der Waals surface area contributed by atoms with Crippen LogP contribution >= 0.6 is 11.6 Å². The minimum Gasteiger partial charge on any atom is -0.484 e. The van der Waals surface area contributed by atoms with Gasteiger partial charge < -0.3 is 20.7 Å². The maximum Gasteiger partial charge on any atom is 0.262 e. The number of nitrogens with one attached hydrogen (secondary N) is 3. The predicted octanol–water partition coefficient (Wildman–Crippen LogP) is 3.83. The Labute approximate surface area is 197 Å². The van der Waals surface area contributed by atoms with E-state index in [0.29, 0.717) is 34.1 Å². The van der Waals surface area contributed by atoms with Crippen LogP contribution in [0.1, 0.15) is 26.3 Å². The van der Waals surface area contributed by atoms with Crippen LogP contribution in [0.15, 0.2) is 72.8 Å². The maximum absolute atomic E-state index is 12.3. The van der Waals surface area contributed by atoms with Gasteiger partial charge in [-0.2, -0.15) is 0 Å². The number of aryl methyl sites for hydroxylation is 1. The Bertz CT molecular complexity index is 1120. The normalized spacial score (nSPS) is 10.2. The molecule has 0 aromatic heterocycles. The molecule has 8 heteroatoms. The van der Waals surface area contributed by atoms with Crippen LogP contribution in [0.3, 0.4) is 0 Å². The van der Waals surface area contributed by atoms with Crippen molar-refractivity contribution in [1.82, 2.24) is 10.6 Å². The average molecular weight is 466 g/mol. The molecule has 0 atom stereocenters. The first-order chi connectivity index (χ1) is 15.9. The quantitative estimate of drug-likeness (QED) is 0.418. The van der Waals surface area contributed by atoms with Crippen molar-refractivity contribution in [2.24, 2.45) is 0 Å². The highest BCUT2D eigenvalue weighted by Crippen LogP contribution is 2.21. The monoisotopic (exact) mass is 465 g/mol. The van der Waals surface area contributed by atoms with Crippen molar-refractivity contribution in [1.29, 1.82) is 0 Å². The second kappa shape index (κ2) is 11.7. The molecule has 0 radical (unpaired) electrons. The predicted molar refractivity (Wildman–Crippen MR) is 128 cm³/mol. The molecule has 0 saturated carbocycles. The molecule has 0 bridgehead atoms. The van der Waals surface area contributed by atoms with Gasteiger partial charge in [-0.05, 0) is 67.1 Å². The highest BCUT2D eigenvalue weighted by Gasteiger charge is 2.08. The summed E-state index contributed by atoms with van der Waals surface area (Å²) >= 11 is 5.98. The number of carbonyl (C=O) groups excluding carboxylic acids is 3. The first-order valence-electron chi connectivity index (χ1n) is 10.3. The van der Waals surface area contributed by atoms with E-state index in [1.807, 2.05) is 13.0 Å². The smallest absolute Gasteiger partial charge is 0.262 e. The van der Waals surface area contributed by atoms with Gasteiger partial charge in [-0.1, -0.05) is 29.8 Å². The van der Waals surface area contributed by atoms with Crippen LogP contribution in [0.25, 0.3) is 0 Å². The largest absolute Gasteiger partial charge is 0.484 e. The zero-order valence-corrected chi connectivity index (χ0v) is 18.8. The number of hydrogen-bond donors (Lipinski definition) is 3. The van der Waals surface area contributed by atoms with Crippen molar-refractivity contribution < 1.29 is 19.1 Å². The van der Waals surface area contributed by atoms with Gasteiger partial charge in [0.25, 0.3) is 17.7 Å². The number of anilines is 1. The van der Waals surface area contributed by atoms with Crippen molar-refractivity contribution >= 4 is 35.0 Å². The molecule has 3 aromatic carbocycles. The Kier molecular flexibility index (Phi) is 8.43. The van der Waals surface area contributed by atoms with E-state index in [1.165, 1.54) is 0 Å². The molecular formula is C25H24ClN3O4. The van der Waals surface area contributed by atoms with Gasteiger partial charge in [-0.3, -0.25) is 14.4 Å². The van der Waals surface area contributed by atoms with Crippen molar-refractivity contribution in [2.45, 2.75) is 6.92 Å². The molecule has 0 saturated heterocycles. The van der Waals surface area contributed by atoms with Gasteiger partial charge in [0.1, 0.15) is 5.75 Å². The van der Waals surface area contributed by atoms with Crippen molar-refractivity contribution in [2.75, 3.05) is 25.0 Å². The van der Waals surface area contributed by atoms with Crippen LogP contribution in [-0.2, 0) is 4.79 Å². The van der Waals surface area contributed by atoms with Gasteiger partial charge in [-0.25, -0.2) is 0 Å². The van der Waals surface area contributed by atoms with E-state index < -0.39 is 0 Å². The number of rotatable bonds is 9. The summed E-state index contributed by atoms with van der Waals surface area (Å²) in [5, 5.41) is 8.84. The van der Waals surface area contributed by atoms with Crippen molar-refractivity contribution in [3.63, 3.8) is 0 Å². The van der Waals surface area contributed by atoms with E-state index in [0.717, 1.165) is 5.56 Å². The molecule has 7 nitrogen and oxygen atoms in total. The molecule has 0 aliphatic heterocycles. The van der Waals surface area contributed by atoms with Crippen LogP contribution < -0.4 is 20.7 Å².